The van der Waals surface area contributed by atoms with Gasteiger partial charge in [-0.1, -0.05) is 0 Å². The topological polar surface area (TPSA) is 9.23 Å². The van der Waals surface area contributed by atoms with Crippen molar-refractivity contribution in [3.63, 3.8) is 0 Å². The van der Waals surface area contributed by atoms with Crippen LogP contribution in [0, 0.1) is 24.3 Å². The van der Waals surface area contributed by atoms with Crippen molar-refractivity contribution in [2.24, 2.45) is 17.8 Å². The predicted molar refractivity (Wildman–Crippen MR) is 55.7 cm³/mol. The molecule has 0 aromatic rings. The Kier molecular flexibility index (Phi) is 8.34. The molecule has 1 saturated heterocycles. The van der Waals surface area contributed by atoms with Gasteiger partial charge < -0.3 is 0 Å². The van der Waals surface area contributed by atoms with Crippen LogP contribution in [0.2, 0.25) is 0 Å². The first kappa shape index (κ1) is 16.4. The van der Waals surface area contributed by atoms with Gasteiger partial charge in [0.15, 0.2) is 0 Å². The molecule has 1 rings (SSSR count). The molecule has 15 heavy (non-hydrogen) atoms. The number of allylic oxidation sites excluding steroid dienone is 1. The maximum Gasteiger partial charge on any atom is 0 e. The van der Waals surface area contributed by atoms with Crippen LogP contribution in [0.3, 0.4) is 0 Å². The first-order chi connectivity index (χ1) is 6.56. The largest absolute Gasteiger partial charge is 0 e. The van der Waals surface area contributed by atoms with Crippen LogP contribution in [-0.2, 0) is 56.8 Å². The van der Waals surface area contributed by atoms with Gasteiger partial charge in [-0.15, -0.1) is 0 Å². The average molecular weight is 452 g/mol. The van der Waals surface area contributed by atoms with E-state index in [2.05, 4.69) is 20.8 Å². The summed E-state index contributed by atoms with van der Waals surface area (Å²) in [4.78, 5) is 0. The van der Waals surface area contributed by atoms with Crippen molar-refractivity contribution in [3.05, 3.63) is 12.7 Å². The van der Waals surface area contributed by atoms with E-state index >= 15 is 0 Å². The number of rotatable bonds is 3. The molecule has 0 aromatic heterocycles. The van der Waals surface area contributed by atoms with Crippen LogP contribution in [0.1, 0.15) is 27.2 Å². The molecule has 1 nitrogen and oxygen atoms in total. The fourth-order valence-electron chi connectivity index (χ4n) is 1.95. The Bertz CT molecular complexity index is 230. The number of hydrogen-bond donors (Lipinski definition) is 0. The van der Waals surface area contributed by atoms with Crippen LogP contribution in [0.25, 0.3) is 0 Å². The first-order valence-corrected chi connectivity index (χ1v) is 6.72. The second-order valence-corrected chi connectivity index (χ2v) is 6.29. The summed E-state index contributed by atoms with van der Waals surface area (Å²) in [6.45, 7) is 13.3. The summed E-state index contributed by atoms with van der Waals surface area (Å²) in [7, 11) is 0. The van der Waals surface area contributed by atoms with Crippen molar-refractivity contribution in [1.82, 2.24) is 0 Å². The molecule has 3 heteroatoms. The standard InChI is InChI=1S/C12H19O.W.Y/c1-5-6-7-12-11(4)10(3)9(2)8-13-12;;/h1,5,9-12H,7-8H2,2-4H3;;/q-1;;/t9-,10+,11-,12?;;/m1../s1. The van der Waals surface area contributed by atoms with E-state index in [1.54, 1.807) is 6.08 Å². The van der Waals surface area contributed by atoms with Crippen LogP contribution in [0.15, 0.2) is 6.08 Å². The summed E-state index contributed by atoms with van der Waals surface area (Å²) in [5, 5.41) is 0. The fourth-order valence-corrected chi connectivity index (χ4v) is 2.54. The van der Waals surface area contributed by atoms with Crippen molar-refractivity contribution < 1.29 is 56.8 Å². The zero-order valence-electron chi connectivity index (χ0n) is 9.77. The van der Waals surface area contributed by atoms with Crippen LogP contribution in [0.5, 0.6) is 0 Å². The van der Waals surface area contributed by atoms with E-state index in [0.717, 1.165) is 18.9 Å². The van der Waals surface area contributed by atoms with Gasteiger partial charge in [0, 0.05) is 32.7 Å². The van der Waals surface area contributed by atoms with Crippen LogP contribution >= 0.6 is 0 Å². The molecule has 1 heterocycles. The fraction of sp³-hybridized carbons (Fsp3) is 0.750. The van der Waals surface area contributed by atoms with Gasteiger partial charge in [-0.25, -0.2) is 0 Å². The van der Waals surface area contributed by atoms with Gasteiger partial charge in [-0.2, -0.15) is 0 Å². The minimum Gasteiger partial charge on any atom is 0 e. The quantitative estimate of drug-likeness (QED) is 0.599. The second kappa shape index (κ2) is 7.64. The average Bonchev–Trinajstić information content (AvgIpc) is 2.19. The van der Waals surface area contributed by atoms with Gasteiger partial charge in [0.1, 0.15) is 0 Å². The summed E-state index contributed by atoms with van der Waals surface area (Å²) < 4.78 is 7.17. The summed E-state index contributed by atoms with van der Waals surface area (Å²) in [5.41, 5.74) is 0. The van der Waals surface area contributed by atoms with Crippen molar-refractivity contribution >= 4 is 3.90 Å². The van der Waals surface area contributed by atoms with Crippen molar-refractivity contribution in [3.8, 4) is 0 Å². The minimum absolute atomic E-state index is 0. The molecule has 0 N–H and O–H groups in total. The monoisotopic (exact) mass is 452 g/mol. The number of ether oxygens (including phenoxy) is 1. The molecule has 0 saturated carbocycles. The molecular weight excluding hydrogens is 433 g/mol. The van der Waals surface area contributed by atoms with E-state index in [0.29, 0.717) is 17.9 Å². The molecule has 1 aliphatic heterocycles. The Balaban J connectivity index is 0.00000196. The Morgan fingerprint density at radius 1 is 1.40 bits per heavy atom. The van der Waals surface area contributed by atoms with E-state index in [-0.39, 0.29) is 32.7 Å². The van der Waals surface area contributed by atoms with Gasteiger partial charge in [0.25, 0.3) is 0 Å². The van der Waals surface area contributed by atoms with Crippen molar-refractivity contribution in [1.29, 1.82) is 0 Å². The molecule has 1 fully saturated rings. The summed E-state index contributed by atoms with van der Waals surface area (Å²) in [6.07, 6.45) is 3.13. The van der Waals surface area contributed by atoms with Crippen LogP contribution in [-0.4, -0.2) is 16.6 Å². The van der Waals surface area contributed by atoms with E-state index in [4.69, 9.17) is 11.3 Å². The number of hydrogen-bond acceptors (Lipinski definition) is 1. The van der Waals surface area contributed by atoms with Crippen LogP contribution in [0.4, 0.5) is 0 Å². The molecule has 1 radical (unpaired) electrons. The maximum absolute atomic E-state index is 5.86. The van der Waals surface area contributed by atoms with Gasteiger partial charge in [0.2, 0.25) is 0 Å². The third-order valence-corrected chi connectivity index (χ3v) is 4.56. The molecular formula is C12H19OWY-. The summed E-state index contributed by atoms with van der Waals surface area (Å²) >= 11 is 1.46. The zero-order chi connectivity index (χ0) is 10.7. The van der Waals surface area contributed by atoms with Gasteiger partial charge >= 0.3 is 98.3 Å². The third kappa shape index (κ3) is 4.62. The Hall–Kier alpha value is 1.36. The van der Waals surface area contributed by atoms with Gasteiger partial charge in [-0.3, -0.25) is 0 Å². The molecule has 0 aromatic carbocycles. The van der Waals surface area contributed by atoms with Gasteiger partial charge in [0.05, 0.1) is 0 Å². The van der Waals surface area contributed by atoms with E-state index in [1.807, 2.05) is 0 Å². The summed E-state index contributed by atoms with van der Waals surface area (Å²) in [6, 6.07) is 0. The Morgan fingerprint density at radius 3 is 2.53 bits per heavy atom. The van der Waals surface area contributed by atoms with Crippen molar-refractivity contribution in [2.45, 2.75) is 33.3 Å². The molecule has 0 amide bonds. The zero-order valence-corrected chi connectivity index (χ0v) is 15.5. The van der Waals surface area contributed by atoms with Crippen LogP contribution < -0.4 is 0 Å². The molecule has 83 valence electrons. The molecule has 1 aliphatic rings. The molecule has 0 spiro atoms. The van der Waals surface area contributed by atoms with Crippen molar-refractivity contribution in [2.75, 3.05) is 6.61 Å². The maximum atomic E-state index is 5.86. The van der Waals surface area contributed by atoms with E-state index in [1.165, 1.54) is 23.3 Å². The van der Waals surface area contributed by atoms with E-state index in [9.17, 15) is 0 Å². The SMILES string of the molecule is [CH-]=C[C](=[W])CC1OC[C@@H](C)[C@H](C)[C@H]1C.[Y]. The predicted octanol–water partition coefficient (Wildman–Crippen LogP) is 2.39. The van der Waals surface area contributed by atoms with Gasteiger partial charge in [-0.05, 0) is 0 Å². The van der Waals surface area contributed by atoms with E-state index < -0.39 is 0 Å². The minimum atomic E-state index is 0. The Labute approximate surface area is 130 Å². The Morgan fingerprint density at radius 2 is 2.00 bits per heavy atom. The second-order valence-electron chi connectivity index (χ2n) is 4.40. The normalized spacial score (nSPS) is 35.4. The molecule has 0 aliphatic carbocycles. The molecule has 4 atom stereocenters. The summed E-state index contributed by atoms with van der Waals surface area (Å²) in [5.74, 6) is 2.10. The smallest absolute Gasteiger partial charge is 0 e. The third-order valence-electron chi connectivity index (χ3n) is 3.47. The molecule has 1 unspecified atom stereocenters. The first-order valence-electron chi connectivity index (χ1n) is 5.25. The molecule has 0 bridgehead atoms.